The molecule has 0 fully saturated rings. The number of halogens is 2. The van der Waals surface area contributed by atoms with Crippen LogP contribution in [0.3, 0.4) is 0 Å². The zero-order valence-electron chi connectivity index (χ0n) is 16.4. The third-order valence-corrected chi connectivity index (χ3v) is 4.81. The lowest BCUT2D eigenvalue weighted by Crippen LogP contribution is -2.39. The number of hydrogen-bond donors (Lipinski definition) is 2. The number of aliphatic imine (C=N–C) groups is 1. The van der Waals surface area contributed by atoms with Crippen molar-refractivity contribution in [2.75, 3.05) is 34.2 Å². The van der Waals surface area contributed by atoms with Gasteiger partial charge in [-0.15, -0.1) is 0 Å². The molecule has 0 atom stereocenters. The summed E-state index contributed by atoms with van der Waals surface area (Å²) in [4.78, 5) is 17.8. The summed E-state index contributed by atoms with van der Waals surface area (Å²) in [6.45, 7) is 1.38. The second kappa shape index (κ2) is 10.8. The van der Waals surface area contributed by atoms with Crippen molar-refractivity contribution in [1.82, 2.24) is 15.5 Å². The van der Waals surface area contributed by atoms with Crippen molar-refractivity contribution in [1.29, 1.82) is 0 Å². The third kappa shape index (κ3) is 6.64. The van der Waals surface area contributed by atoms with Crippen LogP contribution in [-0.2, 0) is 12.8 Å². The summed E-state index contributed by atoms with van der Waals surface area (Å²) >= 11 is 3.20. The molecule has 0 unspecified atom stereocenters. The lowest BCUT2D eigenvalue weighted by atomic mass is 10.1. The number of rotatable bonds is 7. The van der Waals surface area contributed by atoms with E-state index in [9.17, 15) is 9.18 Å². The van der Waals surface area contributed by atoms with Crippen LogP contribution in [0.2, 0.25) is 0 Å². The minimum absolute atomic E-state index is 0.000263. The number of hydrogen-bond acceptors (Lipinski definition) is 2. The first kappa shape index (κ1) is 21.9. The van der Waals surface area contributed by atoms with Crippen LogP contribution >= 0.6 is 15.9 Å². The summed E-state index contributed by atoms with van der Waals surface area (Å²) in [5.41, 5.74) is 2.82. The minimum Gasteiger partial charge on any atom is -0.356 e. The normalized spacial score (nSPS) is 11.2. The van der Waals surface area contributed by atoms with Gasteiger partial charge >= 0.3 is 0 Å². The zero-order valence-corrected chi connectivity index (χ0v) is 18.0. The van der Waals surface area contributed by atoms with Crippen molar-refractivity contribution in [3.63, 3.8) is 0 Å². The number of nitrogens with one attached hydrogen (secondary N) is 2. The largest absolute Gasteiger partial charge is 0.356 e. The average Bonchev–Trinajstić information content (AvgIpc) is 2.69. The Balaban J connectivity index is 1.78. The van der Waals surface area contributed by atoms with Gasteiger partial charge in [-0.2, -0.15) is 0 Å². The summed E-state index contributed by atoms with van der Waals surface area (Å²) in [5.74, 6) is 0.451. The molecule has 0 heterocycles. The minimum atomic E-state index is -0.259. The Labute approximate surface area is 174 Å². The SMILES string of the molecule is CN=C(NCCc1cccc(C(=O)N(C)C)c1)NCCc1ccc(F)c(Br)c1. The van der Waals surface area contributed by atoms with Crippen LogP contribution in [0.5, 0.6) is 0 Å². The predicted molar refractivity (Wildman–Crippen MR) is 115 cm³/mol. The van der Waals surface area contributed by atoms with E-state index < -0.39 is 0 Å². The molecule has 0 radical (unpaired) electrons. The van der Waals surface area contributed by atoms with E-state index in [1.165, 1.54) is 6.07 Å². The van der Waals surface area contributed by atoms with E-state index in [2.05, 4.69) is 31.6 Å². The maximum atomic E-state index is 13.3. The van der Waals surface area contributed by atoms with Crippen molar-refractivity contribution in [2.45, 2.75) is 12.8 Å². The smallest absolute Gasteiger partial charge is 0.253 e. The van der Waals surface area contributed by atoms with Gasteiger partial charge in [0.05, 0.1) is 4.47 Å². The summed E-state index contributed by atoms with van der Waals surface area (Å²) in [7, 11) is 5.22. The zero-order chi connectivity index (χ0) is 20.5. The Hall–Kier alpha value is -2.41. The molecule has 7 heteroatoms. The lowest BCUT2D eigenvalue weighted by Gasteiger charge is -2.13. The molecule has 2 aromatic rings. The quantitative estimate of drug-likeness (QED) is 0.504. The van der Waals surface area contributed by atoms with Gasteiger partial charge in [0, 0.05) is 39.8 Å². The third-order valence-electron chi connectivity index (χ3n) is 4.20. The number of carbonyl (C=O) groups excluding carboxylic acids is 1. The van der Waals surface area contributed by atoms with Gasteiger partial charge in [-0.3, -0.25) is 9.79 Å². The van der Waals surface area contributed by atoms with Gasteiger partial charge in [-0.25, -0.2) is 4.39 Å². The van der Waals surface area contributed by atoms with Crippen LogP contribution in [0, 0.1) is 5.82 Å². The van der Waals surface area contributed by atoms with Crippen LogP contribution in [0.4, 0.5) is 4.39 Å². The topological polar surface area (TPSA) is 56.7 Å². The first-order valence-electron chi connectivity index (χ1n) is 9.09. The molecule has 150 valence electrons. The van der Waals surface area contributed by atoms with E-state index in [4.69, 9.17) is 0 Å². The molecule has 0 spiro atoms. The van der Waals surface area contributed by atoms with Crippen molar-refractivity contribution >= 4 is 27.8 Å². The highest BCUT2D eigenvalue weighted by Crippen LogP contribution is 2.16. The van der Waals surface area contributed by atoms with Crippen LogP contribution in [0.1, 0.15) is 21.5 Å². The van der Waals surface area contributed by atoms with Gasteiger partial charge in [-0.1, -0.05) is 18.2 Å². The number of carbonyl (C=O) groups is 1. The van der Waals surface area contributed by atoms with Gasteiger partial charge in [0.2, 0.25) is 0 Å². The van der Waals surface area contributed by atoms with Gasteiger partial charge in [0.25, 0.3) is 5.91 Å². The van der Waals surface area contributed by atoms with E-state index in [0.29, 0.717) is 29.1 Å². The predicted octanol–water partition coefficient (Wildman–Crippen LogP) is 3.24. The average molecular weight is 449 g/mol. The Bertz CT molecular complexity index is 839. The van der Waals surface area contributed by atoms with E-state index in [0.717, 1.165) is 24.0 Å². The van der Waals surface area contributed by atoms with Crippen LogP contribution < -0.4 is 10.6 Å². The standard InChI is InChI=1S/C21H26BrFN4O/c1-24-21(26-12-10-16-7-8-19(23)18(22)14-16)25-11-9-15-5-4-6-17(13-15)20(28)27(2)3/h4-8,13-14H,9-12H2,1-3H3,(H2,24,25,26). The monoisotopic (exact) mass is 448 g/mol. The van der Waals surface area contributed by atoms with Crippen molar-refractivity contribution in [3.05, 3.63) is 69.4 Å². The Morgan fingerprint density at radius 3 is 2.29 bits per heavy atom. The molecule has 2 aromatic carbocycles. The molecular formula is C21H26BrFN4O. The second-order valence-electron chi connectivity index (χ2n) is 6.57. The molecular weight excluding hydrogens is 423 g/mol. The Kier molecular flexibility index (Phi) is 8.44. The number of benzene rings is 2. The molecule has 1 amide bonds. The Morgan fingerprint density at radius 2 is 1.71 bits per heavy atom. The molecule has 0 saturated heterocycles. The van der Waals surface area contributed by atoms with E-state index in [1.54, 1.807) is 38.2 Å². The van der Waals surface area contributed by atoms with E-state index in [1.807, 2.05) is 24.3 Å². The molecule has 2 rings (SSSR count). The first-order chi connectivity index (χ1) is 13.4. The fourth-order valence-electron chi connectivity index (χ4n) is 2.68. The Morgan fingerprint density at radius 1 is 1.07 bits per heavy atom. The number of guanidine groups is 1. The molecule has 0 aliphatic heterocycles. The molecule has 0 aliphatic carbocycles. The number of nitrogens with zero attached hydrogens (tertiary/aromatic N) is 2. The summed E-state index contributed by atoms with van der Waals surface area (Å²) < 4.78 is 13.8. The van der Waals surface area contributed by atoms with Gasteiger partial charge in [0.15, 0.2) is 5.96 Å². The molecule has 0 saturated carbocycles. The summed E-state index contributed by atoms with van der Waals surface area (Å²) in [6.07, 6.45) is 1.54. The highest BCUT2D eigenvalue weighted by Gasteiger charge is 2.08. The van der Waals surface area contributed by atoms with Crippen molar-refractivity contribution in [2.24, 2.45) is 4.99 Å². The first-order valence-corrected chi connectivity index (χ1v) is 9.89. The molecule has 0 aliphatic rings. The molecule has 28 heavy (non-hydrogen) atoms. The fraction of sp³-hybridized carbons (Fsp3) is 0.333. The van der Waals surface area contributed by atoms with Gasteiger partial charge in [-0.05, 0) is 64.2 Å². The summed E-state index contributed by atoms with van der Waals surface area (Å²) in [5, 5.41) is 6.52. The molecule has 0 aromatic heterocycles. The van der Waals surface area contributed by atoms with Crippen molar-refractivity contribution < 1.29 is 9.18 Å². The van der Waals surface area contributed by atoms with Crippen LogP contribution in [0.25, 0.3) is 0 Å². The van der Waals surface area contributed by atoms with E-state index in [-0.39, 0.29) is 11.7 Å². The van der Waals surface area contributed by atoms with Crippen LogP contribution in [-0.4, -0.2) is 51.0 Å². The van der Waals surface area contributed by atoms with Crippen molar-refractivity contribution in [3.8, 4) is 0 Å². The maximum Gasteiger partial charge on any atom is 0.253 e. The van der Waals surface area contributed by atoms with Crippen LogP contribution in [0.15, 0.2) is 51.9 Å². The van der Waals surface area contributed by atoms with E-state index >= 15 is 0 Å². The molecule has 2 N–H and O–H groups in total. The highest BCUT2D eigenvalue weighted by atomic mass is 79.9. The van der Waals surface area contributed by atoms with Gasteiger partial charge < -0.3 is 15.5 Å². The summed E-state index contributed by atoms with van der Waals surface area (Å²) in [6, 6.07) is 12.7. The second-order valence-corrected chi connectivity index (χ2v) is 7.43. The lowest BCUT2D eigenvalue weighted by molar-refractivity contribution is 0.0827. The molecule has 0 bridgehead atoms. The fourth-order valence-corrected chi connectivity index (χ4v) is 3.11. The van der Waals surface area contributed by atoms with Gasteiger partial charge in [0.1, 0.15) is 5.82 Å². The maximum absolute atomic E-state index is 13.3. The highest BCUT2D eigenvalue weighted by molar-refractivity contribution is 9.10. The molecule has 5 nitrogen and oxygen atoms in total. The number of amides is 1.